The molecule has 0 heterocycles. The van der Waals surface area contributed by atoms with Crippen molar-refractivity contribution in [3.63, 3.8) is 0 Å². The van der Waals surface area contributed by atoms with Gasteiger partial charge in [-0.15, -0.1) is 0 Å². The average Bonchev–Trinajstić information content (AvgIpc) is 2.71. The smallest absolute Gasteiger partial charge is 0.243 e. The van der Waals surface area contributed by atoms with Gasteiger partial charge in [-0.1, -0.05) is 74.8 Å². The Hall–Kier alpha value is -2.33. The van der Waals surface area contributed by atoms with Crippen molar-refractivity contribution in [1.82, 2.24) is 10.2 Å². The van der Waals surface area contributed by atoms with E-state index in [0.29, 0.717) is 36.9 Å². The highest BCUT2D eigenvalue weighted by atomic mass is 35.5. The maximum Gasteiger partial charge on any atom is 0.243 e. The van der Waals surface area contributed by atoms with Gasteiger partial charge in [0, 0.05) is 31.0 Å². The third-order valence-corrected chi connectivity index (χ3v) is 5.11. The molecule has 0 fully saturated rings. The predicted molar refractivity (Wildman–Crippen MR) is 119 cm³/mol. The molecule has 1 N–H and O–H groups in total. The van der Waals surface area contributed by atoms with E-state index in [0.717, 1.165) is 17.5 Å². The van der Waals surface area contributed by atoms with Crippen LogP contribution in [0.5, 0.6) is 0 Å². The predicted octanol–water partition coefficient (Wildman–Crippen LogP) is 4.85. The molecule has 0 aliphatic rings. The normalized spacial score (nSPS) is 11.9. The Kier molecular flexibility index (Phi) is 9.20. The number of nitrogens with one attached hydrogen (secondary N) is 1. The maximum absolute atomic E-state index is 13.1. The first kappa shape index (κ1) is 23.0. The minimum absolute atomic E-state index is 0.0418. The van der Waals surface area contributed by atoms with Gasteiger partial charge in [-0.3, -0.25) is 9.59 Å². The molecule has 0 saturated heterocycles. The molecule has 0 aliphatic heterocycles. The van der Waals surface area contributed by atoms with Gasteiger partial charge in [-0.2, -0.15) is 0 Å². The molecule has 0 bridgehead atoms. The molecule has 2 aromatic carbocycles. The molecule has 156 valence electrons. The van der Waals surface area contributed by atoms with Crippen molar-refractivity contribution >= 4 is 23.4 Å². The molecule has 0 radical (unpaired) electrons. The molecule has 0 aliphatic carbocycles. The molecule has 1 atom stereocenters. The van der Waals surface area contributed by atoms with Crippen LogP contribution in [0.1, 0.15) is 44.7 Å². The van der Waals surface area contributed by atoms with Crippen LogP contribution in [0.15, 0.2) is 54.6 Å². The number of rotatable bonds is 10. The number of benzene rings is 2. The van der Waals surface area contributed by atoms with Crippen LogP contribution < -0.4 is 5.32 Å². The standard InChI is InChI=1S/C24H31ClN2O2/c1-4-23(28)27(17-20-10-12-21(25)13-11-20)22(16-19-8-6-5-7-9-19)24(29)26-15-14-18(2)3/h5-13,18,22H,4,14-17H2,1-3H3,(H,26,29). The topological polar surface area (TPSA) is 49.4 Å². The molecule has 1 unspecified atom stereocenters. The van der Waals surface area contributed by atoms with E-state index in [2.05, 4.69) is 19.2 Å². The van der Waals surface area contributed by atoms with E-state index in [1.165, 1.54) is 0 Å². The first-order valence-electron chi connectivity index (χ1n) is 10.3. The Labute approximate surface area is 179 Å². The zero-order valence-corrected chi connectivity index (χ0v) is 18.3. The molecule has 0 aromatic heterocycles. The average molecular weight is 415 g/mol. The van der Waals surface area contributed by atoms with Crippen LogP contribution in [0.25, 0.3) is 0 Å². The summed E-state index contributed by atoms with van der Waals surface area (Å²) in [5.41, 5.74) is 1.98. The van der Waals surface area contributed by atoms with Crippen LogP contribution in [0, 0.1) is 5.92 Å². The number of amides is 2. The fraction of sp³-hybridized carbons (Fsp3) is 0.417. The molecule has 29 heavy (non-hydrogen) atoms. The second-order valence-electron chi connectivity index (χ2n) is 7.68. The van der Waals surface area contributed by atoms with E-state index in [4.69, 9.17) is 11.6 Å². The molecular weight excluding hydrogens is 384 g/mol. The van der Waals surface area contributed by atoms with E-state index in [1.807, 2.05) is 49.4 Å². The summed E-state index contributed by atoms with van der Waals surface area (Å²) in [5.74, 6) is 0.357. The van der Waals surface area contributed by atoms with Gasteiger partial charge in [0.2, 0.25) is 11.8 Å². The number of hydrogen-bond donors (Lipinski definition) is 1. The monoisotopic (exact) mass is 414 g/mol. The first-order valence-corrected chi connectivity index (χ1v) is 10.6. The van der Waals surface area contributed by atoms with E-state index < -0.39 is 6.04 Å². The minimum atomic E-state index is -0.562. The molecular formula is C24H31ClN2O2. The number of nitrogens with zero attached hydrogens (tertiary/aromatic N) is 1. The molecule has 0 saturated carbocycles. The van der Waals surface area contributed by atoms with Crippen molar-refractivity contribution in [3.8, 4) is 0 Å². The lowest BCUT2D eigenvalue weighted by Crippen LogP contribution is -2.50. The van der Waals surface area contributed by atoms with E-state index in [-0.39, 0.29) is 11.8 Å². The highest BCUT2D eigenvalue weighted by molar-refractivity contribution is 6.30. The number of halogens is 1. The molecule has 2 rings (SSSR count). The summed E-state index contributed by atoms with van der Waals surface area (Å²) < 4.78 is 0. The summed E-state index contributed by atoms with van der Waals surface area (Å²) in [6, 6.07) is 16.7. The van der Waals surface area contributed by atoms with Crippen LogP contribution in [0.2, 0.25) is 5.02 Å². The van der Waals surface area contributed by atoms with Crippen LogP contribution in [0.3, 0.4) is 0 Å². The van der Waals surface area contributed by atoms with Gasteiger partial charge in [-0.05, 0) is 35.6 Å². The van der Waals surface area contributed by atoms with Gasteiger partial charge in [0.15, 0.2) is 0 Å². The summed E-state index contributed by atoms with van der Waals surface area (Å²) in [5, 5.41) is 3.68. The van der Waals surface area contributed by atoms with Gasteiger partial charge < -0.3 is 10.2 Å². The Morgan fingerprint density at radius 2 is 1.66 bits per heavy atom. The number of carbonyl (C=O) groups is 2. The highest BCUT2D eigenvalue weighted by Crippen LogP contribution is 2.17. The van der Waals surface area contributed by atoms with Crippen molar-refractivity contribution in [1.29, 1.82) is 0 Å². The number of hydrogen-bond acceptors (Lipinski definition) is 2. The summed E-state index contributed by atoms with van der Waals surface area (Å²) in [7, 11) is 0. The molecule has 2 aromatic rings. The van der Waals surface area contributed by atoms with Gasteiger partial charge in [0.05, 0.1) is 0 Å². The first-order chi connectivity index (χ1) is 13.9. The van der Waals surface area contributed by atoms with Crippen molar-refractivity contribution in [2.75, 3.05) is 6.54 Å². The van der Waals surface area contributed by atoms with Crippen molar-refractivity contribution in [2.45, 2.75) is 52.6 Å². The summed E-state index contributed by atoms with van der Waals surface area (Å²) in [6.07, 6.45) is 1.73. The third kappa shape index (κ3) is 7.54. The molecule has 5 heteroatoms. The summed E-state index contributed by atoms with van der Waals surface area (Å²) >= 11 is 6.00. The zero-order chi connectivity index (χ0) is 21.2. The Morgan fingerprint density at radius 3 is 2.24 bits per heavy atom. The SMILES string of the molecule is CCC(=O)N(Cc1ccc(Cl)cc1)C(Cc1ccccc1)C(=O)NCCC(C)C. The lowest BCUT2D eigenvalue weighted by atomic mass is 10.0. The van der Waals surface area contributed by atoms with Crippen molar-refractivity contribution in [2.24, 2.45) is 5.92 Å². The van der Waals surface area contributed by atoms with E-state index in [9.17, 15) is 9.59 Å². The van der Waals surface area contributed by atoms with Crippen LogP contribution in [-0.4, -0.2) is 29.3 Å². The fourth-order valence-corrected chi connectivity index (χ4v) is 3.27. The number of carbonyl (C=O) groups excluding carboxylic acids is 2. The largest absolute Gasteiger partial charge is 0.354 e. The Bertz CT molecular complexity index is 775. The fourth-order valence-electron chi connectivity index (χ4n) is 3.15. The van der Waals surface area contributed by atoms with Gasteiger partial charge in [0.1, 0.15) is 6.04 Å². The molecule has 2 amide bonds. The van der Waals surface area contributed by atoms with E-state index >= 15 is 0 Å². The highest BCUT2D eigenvalue weighted by Gasteiger charge is 2.29. The minimum Gasteiger partial charge on any atom is -0.354 e. The summed E-state index contributed by atoms with van der Waals surface area (Å²) in [6.45, 7) is 7.06. The summed E-state index contributed by atoms with van der Waals surface area (Å²) in [4.78, 5) is 27.6. The zero-order valence-electron chi connectivity index (χ0n) is 17.5. The maximum atomic E-state index is 13.1. The van der Waals surface area contributed by atoms with E-state index in [1.54, 1.807) is 17.0 Å². The Balaban J connectivity index is 2.27. The van der Waals surface area contributed by atoms with Gasteiger partial charge >= 0.3 is 0 Å². The lowest BCUT2D eigenvalue weighted by molar-refractivity contribution is -0.141. The van der Waals surface area contributed by atoms with Crippen molar-refractivity contribution < 1.29 is 9.59 Å². The second kappa shape index (κ2) is 11.6. The second-order valence-corrected chi connectivity index (χ2v) is 8.12. The van der Waals surface area contributed by atoms with Crippen LogP contribution in [0.4, 0.5) is 0 Å². The van der Waals surface area contributed by atoms with Crippen LogP contribution >= 0.6 is 11.6 Å². The van der Waals surface area contributed by atoms with Crippen molar-refractivity contribution in [3.05, 3.63) is 70.7 Å². The molecule has 4 nitrogen and oxygen atoms in total. The third-order valence-electron chi connectivity index (χ3n) is 4.86. The van der Waals surface area contributed by atoms with Gasteiger partial charge in [0.25, 0.3) is 0 Å². The van der Waals surface area contributed by atoms with Crippen LogP contribution in [-0.2, 0) is 22.6 Å². The quantitative estimate of drug-likeness (QED) is 0.604. The van der Waals surface area contributed by atoms with Gasteiger partial charge in [-0.25, -0.2) is 0 Å². The Morgan fingerprint density at radius 1 is 1.00 bits per heavy atom. The molecule has 0 spiro atoms. The lowest BCUT2D eigenvalue weighted by Gasteiger charge is -2.31.